The van der Waals surface area contributed by atoms with Crippen LogP contribution in [0.3, 0.4) is 0 Å². The SMILES string of the molecule is CC(O)(CNC(=O)CC1CCCCO1)c1ccc(Cl)cc1. The number of ether oxygens (including phenoxy) is 1. The van der Waals surface area contributed by atoms with Gasteiger partial charge in [0.05, 0.1) is 19.1 Å². The highest BCUT2D eigenvalue weighted by atomic mass is 35.5. The van der Waals surface area contributed by atoms with E-state index in [1.807, 2.05) is 0 Å². The van der Waals surface area contributed by atoms with Gasteiger partial charge in [0.25, 0.3) is 0 Å². The average molecular weight is 312 g/mol. The molecule has 1 aromatic carbocycles. The molecule has 1 aliphatic heterocycles. The third kappa shape index (κ3) is 4.99. The average Bonchev–Trinajstić information content (AvgIpc) is 2.47. The Morgan fingerprint density at radius 2 is 2.14 bits per heavy atom. The Bertz CT molecular complexity index is 467. The molecule has 0 aromatic heterocycles. The molecule has 2 unspecified atom stereocenters. The molecular weight excluding hydrogens is 290 g/mol. The van der Waals surface area contributed by atoms with Gasteiger partial charge in [0, 0.05) is 11.6 Å². The maximum Gasteiger partial charge on any atom is 0.222 e. The van der Waals surface area contributed by atoms with Gasteiger partial charge in [-0.15, -0.1) is 0 Å². The summed E-state index contributed by atoms with van der Waals surface area (Å²) in [4.78, 5) is 11.9. The molecule has 116 valence electrons. The highest BCUT2D eigenvalue weighted by Gasteiger charge is 2.25. The third-order valence-electron chi connectivity index (χ3n) is 3.78. The quantitative estimate of drug-likeness (QED) is 0.879. The van der Waals surface area contributed by atoms with Crippen LogP contribution in [0.25, 0.3) is 0 Å². The van der Waals surface area contributed by atoms with Crippen LogP contribution in [0.4, 0.5) is 0 Å². The summed E-state index contributed by atoms with van der Waals surface area (Å²) in [6.07, 6.45) is 3.49. The van der Waals surface area contributed by atoms with E-state index in [1.165, 1.54) is 0 Å². The smallest absolute Gasteiger partial charge is 0.222 e. The molecule has 4 nitrogen and oxygen atoms in total. The van der Waals surface area contributed by atoms with Crippen molar-refractivity contribution in [1.29, 1.82) is 0 Å². The van der Waals surface area contributed by atoms with Gasteiger partial charge >= 0.3 is 0 Å². The molecule has 1 fully saturated rings. The number of amides is 1. The van der Waals surface area contributed by atoms with Crippen LogP contribution in [0.5, 0.6) is 0 Å². The molecule has 0 saturated carbocycles. The Labute approximate surface area is 130 Å². The van der Waals surface area contributed by atoms with Crippen molar-refractivity contribution in [2.24, 2.45) is 0 Å². The van der Waals surface area contributed by atoms with Crippen molar-refractivity contribution >= 4 is 17.5 Å². The molecular formula is C16H22ClNO3. The van der Waals surface area contributed by atoms with E-state index in [9.17, 15) is 9.90 Å². The summed E-state index contributed by atoms with van der Waals surface area (Å²) in [5, 5.41) is 13.8. The van der Waals surface area contributed by atoms with E-state index in [4.69, 9.17) is 16.3 Å². The van der Waals surface area contributed by atoms with Crippen molar-refractivity contribution in [2.45, 2.75) is 44.3 Å². The molecule has 1 aromatic rings. The first-order valence-electron chi connectivity index (χ1n) is 7.34. The molecule has 2 atom stereocenters. The predicted octanol–water partition coefficient (Wildman–Crippen LogP) is 2.62. The van der Waals surface area contributed by atoms with E-state index in [-0.39, 0.29) is 18.6 Å². The minimum absolute atomic E-state index is 0.0132. The first-order valence-corrected chi connectivity index (χ1v) is 7.72. The van der Waals surface area contributed by atoms with Gasteiger partial charge in [0.2, 0.25) is 5.91 Å². The Balaban J connectivity index is 1.82. The zero-order valence-electron chi connectivity index (χ0n) is 12.3. The molecule has 0 radical (unpaired) electrons. The van der Waals surface area contributed by atoms with E-state index in [0.29, 0.717) is 11.4 Å². The summed E-state index contributed by atoms with van der Waals surface area (Å²) < 4.78 is 5.54. The summed E-state index contributed by atoms with van der Waals surface area (Å²) in [6, 6.07) is 6.98. The molecule has 1 aliphatic rings. The minimum Gasteiger partial charge on any atom is -0.384 e. The highest BCUT2D eigenvalue weighted by molar-refractivity contribution is 6.30. The van der Waals surface area contributed by atoms with Gasteiger partial charge in [-0.1, -0.05) is 23.7 Å². The molecule has 2 rings (SSSR count). The van der Waals surface area contributed by atoms with E-state index >= 15 is 0 Å². The molecule has 0 spiro atoms. The topological polar surface area (TPSA) is 58.6 Å². The van der Waals surface area contributed by atoms with Crippen LogP contribution in [0.15, 0.2) is 24.3 Å². The zero-order valence-corrected chi connectivity index (χ0v) is 13.0. The van der Waals surface area contributed by atoms with Crippen LogP contribution >= 0.6 is 11.6 Å². The monoisotopic (exact) mass is 311 g/mol. The maximum atomic E-state index is 11.9. The zero-order chi connectivity index (χ0) is 15.3. The van der Waals surface area contributed by atoms with E-state index in [0.717, 1.165) is 31.4 Å². The van der Waals surface area contributed by atoms with Crippen molar-refractivity contribution in [3.8, 4) is 0 Å². The minimum atomic E-state index is -1.12. The second-order valence-corrected chi connectivity index (χ2v) is 6.19. The number of carbonyl (C=O) groups excluding carboxylic acids is 1. The largest absolute Gasteiger partial charge is 0.384 e. The summed E-state index contributed by atoms with van der Waals surface area (Å²) >= 11 is 5.83. The second-order valence-electron chi connectivity index (χ2n) is 5.75. The van der Waals surface area contributed by atoms with E-state index in [2.05, 4.69) is 5.32 Å². The fourth-order valence-electron chi connectivity index (χ4n) is 2.43. The number of halogens is 1. The fraction of sp³-hybridized carbons (Fsp3) is 0.562. The number of aliphatic hydroxyl groups is 1. The number of hydrogen-bond donors (Lipinski definition) is 2. The van der Waals surface area contributed by atoms with Crippen molar-refractivity contribution in [2.75, 3.05) is 13.2 Å². The van der Waals surface area contributed by atoms with Crippen molar-refractivity contribution in [3.05, 3.63) is 34.9 Å². The van der Waals surface area contributed by atoms with Crippen LogP contribution < -0.4 is 5.32 Å². The molecule has 0 bridgehead atoms. The number of benzene rings is 1. The molecule has 2 N–H and O–H groups in total. The Morgan fingerprint density at radius 1 is 1.43 bits per heavy atom. The molecule has 1 saturated heterocycles. The molecule has 21 heavy (non-hydrogen) atoms. The lowest BCUT2D eigenvalue weighted by molar-refractivity contribution is -0.126. The molecule has 0 aliphatic carbocycles. The first kappa shape index (κ1) is 16.3. The van der Waals surface area contributed by atoms with E-state index < -0.39 is 5.60 Å². The lowest BCUT2D eigenvalue weighted by Gasteiger charge is -2.26. The number of nitrogens with one attached hydrogen (secondary N) is 1. The lowest BCUT2D eigenvalue weighted by atomic mass is 9.96. The van der Waals surface area contributed by atoms with Crippen molar-refractivity contribution in [3.63, 3.8) is 0 Å². The van der Waals surface area contributed by atoms with Crippen LogP contribution in [0.1, 0.15) is 38.2 Å². The lowest BCUT2D eigenvalue weighted by Crippen LogP contribution is -2.40. The van der Waals surface area contributed by atoms with Crippen LogP contribution in [-0.4, -0.2) is 30.3 Å². The number of hydrogen-bond acceptors (Lipinski definition) is 3. The highest BCUT2D eigenvalue weighted by Crippen LogP contribution is 2.22. The Kier molecular flexibility index (Phi) is 5.62. The fourth-order valence-corrected chi connectivity index (χ4v) is 2.56. The summed E-state index contributed by atoms with van der Waals surface area (Å²) in [7, 11) is 0. The standard InChI is InChI=1S/C16H22ClNO3/c1-16(20,12-5-7-13(17)8-6-12)11-18-15(19)10-14-4-2-3-9-21-14/h5-8,14,20H,2-4,9-11H2,1H3,(H,18,19). The first-order chi connectivity index (χ1) is 9.97. The summed E-state index contributed by atoms with van der Waals surface area (Å²) in [5.41, 5.74) is -0.394. The maximum absolute atomic E-state index is 11.9. The second kappa shape index (κ2) is 7.25. The molecule has 1 heterocycles. The van der Waals surface area contributed by atoms with Gasteiger partial charge in [-0.25, -0.2) is 0 Å². The predicted molar refractivity (Wildman–Crippen MR) is 82.2 cm³/mol. The normalized spacial score (nSPS) is 21.6. The Morgan fingerprint density at radius 3 is 2.76 bits per heavy atom. The van der Waals surface area contributed by atoms with Gasteiger partial charge in [0.1, 0.15) is 5.60 Å². The van der Waals surface area contributed by atoms with Crippen LogP contribution in [-0.2, 0) is 15.1 Å². The number of carbonyl (C=O) groups is 1. The van der Waals surface area contributed by atoms with Crippen molar-refractivity contribution < 1.29 is 14.6 Å². The summed E-state index contributed by atoms with van der Waals surface area (Å²) in [5.74, 6) is -0.0869. The van der Waals surface area contributed by atoms with Gasteiger partial charge in [-0.3, -0.25) is 4.79 Å². The van der Waals surface area contributed by atoms with Crippen molar-refractivity contribution in [1.82, 2.24) is 5.32 Å². The Hall–Kier alpha value is -1.10. The van der Waals surface area contributed by atoms with Gasteiger partial charge < -0.3 is 15.2 Å². The summed E-state index contributed by atoms with van der Waals surface area (Å²) in [6.45, 7) is 2.58. The van der Waals surface area contributed by atoms with Crippen LogP contribution in [0, 0.1) is 0 Å². The number of rotatable bonds is 5. The van der Waals surface area contributed by atoms with E-state index in [1.54, 1.807) is 31.2 Å². The molecule has 5 heteroatoms. The third-order valence-corrected chi connectivity index (χ3v) is 4.03. The van der Waals surface area contributed by atoms with Gasteiger partial charge in [0.15, 0.2) is 0 Å². The van der Waals surface area contributed by atoms with Gasteiger partial charge in [-0.2, -0.15) is 0 Å². The van der Waals surface area contributed by atoms with Gasteiger partial charge in [-0.05, 0) is 43.9 Å². The van der Waals surface area contributed by atoms with Crippen LogP contribution in [0.2, 0.25) is 5.02 Å². The molecule has 1 amide bonds.